The largest absolute Gasteiger partial charge is 0.454 e. The highest BCUT2D eigenvalue weighted by Crippen LogP contribution is 2.33. The first kappa shape index (κ1) is 10.2. The maximum atomic E-state index is 5.71. The minimum atomic E-state index is 0. The molecule has 1 aliphatic heterocycles. The average molecular weight is 202 g/mol. The van der Waals surface area contributed by atoms with Crippen LogP contribution in [0.1, 0.15) is 18.5 Å². The number of fused-ring (bicyclic) bond motifs is 1. The van der Waals surface area contributed by atoms with E-state index in [1.54, 1.807) is 0 Å². The number of rotatable bonds is 1. The van der Waals surface area contributed by atoms with Crippen molar-refractivity contribution in [2.75, 3.05) is 6.79 Å². The van der Waals surface area contributed by atoms with Crippen molar-refractivity contribution in [1.29, 1.82) is 0 Å². The minimum Gasteiger partial charge on any atom is -0.454 e. The van der Waals surface area contributed by atoms with Gasteiger partial charge in [-0.15, -0.1) is 12.4 Å². The standard InChI is InChI=1S/C9H11NO2.ClH/c1-6(10)7-2-3-8-9(4-7)12-5-11-8;/h2-4,6H,5,10H2,1H3;1H/t6-;/m1./s1. The highest BCUT2D eigenvalue weighted by molar-refractivity contribution is 5.85. The first-order valence-corrected chi connectivity index (χ1v) is 3.92. The molecule has 13 heavy (non-hydrogen) atoms. The van der Waals surface area contributed by atoms with Crippen LogP contribution in [0.4, 0.5) is 0 Å². The number of nitrogens with two attached hydrogens (primary N) is 1. The monoisotopic (exact) mass is 201 g/mol. The molecule has 0 saturated heterocycles. The van der Waals surface area contributed by atoms with Crippen molar-refractivity contribution in [2.45, 2.75) is 13.0 Å². The van der Waals surface area contributed by atoms with Crippen molar-refractivity contribution in [1.82, 2.24) is 0 Å². The smallest absolute Gasteiger partial charge is 0.231 e. The first-order chi connectivity index (χ1) is 5.77. The lowest BCUT2D eigenvalue weighted by Gasteiger charge is -2.05. The molecule has 0 radical (unpaired) electrons. The van der Waals surface area contributed by atoms with E-state index in [4.69, 9.17) is 15.2 Å². The fraction of sp³-hybridized carbons (Fsp3) is 0.333. The van der Waals surface area contributed by atoms with E-state index in [1.165, 1.54) is 0 Å². The minimum absolute atomic E-state index is 0. The van der Waals surface area contributed by atoms with Gasteiger partial charge < -0.3 is 15.2 Å². The topological polar surface area (TPSA) is 44.5 Å². The number of hydrogen-bond donors (Lipinski definition) is 1. The normalized spacial score (nSPS) is 14.9. The third kappa shape index (κ3) is 1.87. The molecule has 2 rings (SSSR count). The summed E-state index contributed by atoms with van der Waals surface area (Å²) < 4.78 is 10.4. The van der Waals surface area contributed by atoms with Gasteiger partial charge in [0.2, 0.25) is 6.79 Å². The Balaban J connectivity index is 0.000000845. The molecule has 4 heteroatoms. The van der Waals surface area contributed by atoms with Crippen molar-refractivity contribution < 1.29 is 9.47 Å². The van der Waals surface area contributed by atoms with E-state index in [0.717, 1.165) is 17.1 Å². The van der Waals surface area contributed by atoms with Gasteiger partial charge >= 0.3 is 0 Å². The van der Waals surface area contributed by atoms with Gasteiger partial charge in [0.05, 0.1) is 0 Å². The van der Waals surface area contributed by atoms with Crippen molar-refractivity contribution in [3.8, 4) is 11.5 Å². The Bertz CT molecular complexity index is 302. The van der Waals surface area contributed by atoms with Gasteiger partial charge in [-0.1, -0.05) is 6.07 Å². The molecule has 72 valence electrons. The molecule has 0 aromatic heterocycles. The van der Waals surface area contributed by atoms with Crippen molar-refractivity contribution in [3.63, 3.8) is 0 Å². The Labute approximate surface area is 83.2 Å². The Kier molecular flexibility index (Phi) is 3.01. The van der Waals surface area contributed by atoms with Crippen LogP contribution in [0.5, 0.6) is 11.5 Å². The number of hydrogen-bond acceptors (Lipinski definition) is 3. The summed E-state index contributed by atoms with van der Waals surface area (Å²) in [5.74, 6) is 1.60. The fourth-order valence-electron chi connectivity index (χ4n) is 1.20. The van der Waals surface area contributed by atoms with Crippen LogP contribution in [0.15, 0.2) is 18.2 Å². The van der Waals surface area contributed by atoms with Gasteiger partial charge in [-0.05, 0) is 24.6 Å². The predicted molar refractivity (Wildman–Crippen MR) is 52.4 cm³/mol. The van der Waals surface area contributed by atoms with E-state index in [-0.39, 0.29) is 18.4 Å². The quantitative estimate of drug-likeness (QED) is 0.755. The Morgan fingerprint density at radius 3 is 2.69 bits per heavy atom. The van der Waals surface area contributed by atoms with Crippen molar-refractivity contribution >= 4 is 12.4 Å². The second-order valence-electron chi connectivity index (χ2n) is 2.90. The van der Waals surface area contributed by atoms with Crippen LogP contribution in [0, 0.1) is 0 Å². The van der Waals surface area contributed by atoms with Crippen LogP contribution in [0.2, 0.25) is 0 Å². The summed E-state index contributed by atoms with van der Waals surface area (Å²) in [6.07, 6.45) is 0. The average Bonchev–Trinajstić information content (AvgIpc) is 2.49. The third-order valence-corrected chi connectivity index (χ3v) is 1.92. The van der Waals surface area contributed by atoms with Gasteiger partial charge in [0.25, 0.3) is 0 Å². The van der Waals surface area contributed by atoms with Gasteiger partial charge in [-0.3, -0.25) is 0 Å². The summed E-state index contributed by atoms with van der Waals surface area (Å²) in [5, 5.41) is 0. The molecule has 0 fully saturated rings. The lowest BCUT2D eigenvalue weighted by Crippen LogP contribution is -2.04. The van der Waals surface area contributed by atoms with E-state index in [2.05, 4.69) is 0 Å². The molecule has 1 aromatic carbocycles. The zero-order valence-corrected chi connectivity index (χ0v) is 8.14. The van der Waals surface area contributed by atoms with Crippen LogP contribution < -0.4 is 15.2 Å². The molecule has 0 saturated carbocycles. The molecule has 0 bridgehead atoms. The zero-order valence-electron chi connectivity index (χ0n) is 7.32. The van der Waals surface area contributed by atoms with Crippen molar-refractivity contribution in [3.05, 3.63) is 23.8 Å². The zero-order chi connectivity index (χ0) is 8.55. The van der Waals surface area contributed by atoms with Gasteiger partial charge in [-0.25, -0.2) is 0 Å². The SMILES string of the molecule is C[C@@H](N)c1ccc2c(c1)OCO2.Cl. The van der Waals surface area contributed by atoms with Gasteiger partial charge in [0, 0.05) is 6.04 Å². The lowest BCUT2D eigenvalue weighted by atomic mass is 10.1. The fourth-order valence-corrected chi connectivity index (χ4v) is 1.20. The third-order valence-electron chi connectivity index (χ3n) is 1.92. The number of halogens is 1. The van der Waals surface area contributed by atoms with Crippen LogP contribution >= 0.6 is 12.4 Å². The van der Waals surface area contributed by atoms with Crippen LogP contribution in [0.25, 0.3) is 0 Å². The molecule has 0 unspecified atom stereocenters. The summed E-state index contributed by atoms with van der Waals surface area (Å²) in [4.78, 5) is 0. The summed E-state index contributed by atoms with van der Waals surface area (Å²) in [5.41, 5.74) is 6.78. The molecular formula is C9H12ClNO2. The molecule has 1 atom stereocenters. The van der Waals surface area contributed by atoms with E-state index in [1.807, 2.05) is 25.1 Å². The summed E-state index contributed by atoms with van der Waals surface area (Å²) in [6.45, 7) is 2.26. The molecule has 3 nitrogen and oxygen atoms in total. The maximum absolute atomic E-state index is 5.71. The molecular weight excluding hydrogens is 190 g/mol. The molecule has 1 heterocycles. The maximum Gasteiger partial charge on any atom is 0.231 e. The van der Waals surface area contributed by atoms with Crippen molar-refractivity contribution in [2.24, 2.45) is 5.73 Å². The molecule has 2 N–H and O–H groups in total. The Hall–Kier alpha value is -0.930. The summed E-state index contributed by atoms with van der Waals surface area (Å²) >= 11 is 0. The molecule has 0 spiro atoms. The van der Waals surface area contributed by atoms with Crippen LogP contribution in [-0.2, 0) is 0 Å². The molecule has 0 amide bonds. The second-order valence-corrected chi connectivity index (χ2v) is 2.90. The summed E-state index contributed by atoms with van der Waals surface area (Å²) in [6, 6.07) is 5.81. The summed E-state index contributed by atoms with van der Waals surface area (Å²) in [7, 11) is 0. The van der Waals surface area contributed by atoms with E-state index >= 15 is 0 Å². The molecule has 1 aromatic rings. The van der Waals surface area contributed by atoms with E-state index in [0.29, 0.717) is 6.79 Å². The van der Waals surface area contributed by atoms with E-state index in [9.17, 15) is 0 Å². The predicted octanol–water partition coefficient (Wildman–Crippen LogP) is 1.86. The molecule has 0 aliphatic carbocycles. The molecule has 1 aliphatic rings. The first-order valence-electron chi connectivity index (χ1n) is 3.92. The second kappa shape index (κ2) is 3.85. The van der Waals surface area contributed by atoms with Gasteiger partial charge in [0.15, 0.2) is 11.5 Å². The highest BCUT2D eigenvalue weighted by Gasteiger charge is 2.13. The highest BCUT2D eigenvalue weighted by atomic mass is 35.5. The Morgan fingerprint density at radius 2 is 2.00 bits per heavy atom. The lowest BCUT2D eigenvalue weighted by molar-refractivity contribution is 0.174. The Morgan fingerprint density at radius 1 is 1.31 bits per heavy atom. The van der Waals surface area contributed by atoms with E-state index < -0.39 is 0 Å². The van der Waals surface area contributed by atoms with Gasteiger partial charge in [-0.2, -0.15) is 0 Å². The number of ether oxygens (including phenoxy) is 2. The van der Waals surface area contributed by atoms with Gasteiger partial charge in [0.1, 0.15) is 0 Å². The number of benzene rings is 1. The van der Waals surface area contributed by atoms with Crippen LogP contribution in [0.3, 0.4) is 0 Å². The van der Waals surface area contributed by atoms with Crippen LogP contribution in [-0.4, -0.2) is 6.79 Å².